The van der Waals surface area contributed by atoms with E-state index < -0.39 is 0 Å². The van der Waals surface area contributed by atoms with Crippen molar-refractivity contribution in [2.45, 2.75) is 33.1 Å². The van der Waals surface area contributed by atoms with Crippen molar-refractivity contribution in [1.29, 1.82) is 0 Å². The molecule has 11 rings (SSSR count). The van der Waals surface area contributed by atoms with Gasteiger partial charge in [-0.2, -0.15) is 0 Å². The highest BCUT2D eigenvalue weighted by molar-refractivity contribution is 5.94. The van der Waals surface area contributed by atoms with Crippen molar-refractivity contribution in [2.24, 2.45) is 0 Å². The molecule has 0 atom stereocenters. The Labute approximate surface area is 482 Å². The van der Waals surface area contributed by atoms with Crippen LogP contribution >= 0.6 is 0 Å². The molecule has 6 nitrogen and oxygen atoms in total. The second kappa shape index (κ2) is 24.8. The summed E-state index contributed by atoms with van der Waals surface area (Å²) in [5.41, 5.74) is 19.4. The number of anilines is 8. The smallest absolute Gasteiger partial charge is 0.0973 e. The van der Waals surface area contributed by atoms with Gasteiger partial charge in [-0.25, -0.2) is 9.97 Å². The van der Waals surface area contributed by atoms with Gasteiger partial charge in [0, 0.05) is 80.5 Å². The molecule has 0 N–H and O–H groups in total. The zero-order valence-corrected chi connectivity index (χ0v) is 46.7. The Morgan fingerprint density at radius 1 is 0.512 bits per heavy atom. The van der Waals surface area contributed by atoms with Gasteiger partial charge in [-0.15, -0.1) is 13.2 Å². The van der Waals surface area contributed by atoms with Crippen LogP contribution in [0.4, 0.5) is 45.5 Å². The first-order valence-electron chi connectivity index (χ1n) is 28.0. The summed E-state index contributed by atoms with van der Waals surface area (Å²) in [6.07, 6.45) is 21.1. The van der Waals surface area contributed by atoms with Crippen LogP contribution in [-0.4, -0.2) is 21.1 Å². The first-order chi connectivity index (χ1) is 40.3. The van der Waals surface area contributed by atoms with E-state index in [1.54, 1.807) is 6.08 Å². The van der Waals surface area contributed by atoms with Gasteiger partial charge in [-0.3, -0.25) is 0 Å². The molecule has 6 heteroatoms. The Kier molecular flexibility index (Phi) is 16.2. The third kappa shape index (κ3) is 11.6. The summed E-state index contributed by atoms with van der Waals surface area (Å²) in [5, 5.41) is 3.62. The number of allylic oxidation sites excluding steroid dienone is 9. The van der Waals surface area contributed by atoms with Gasteiger partial charge < -0.3 is 19.3 Å². The normalized spacial score (nSPS) is 11.7. The van der Waals surface area contributed by atoms with E-state index in [1.165, 1.54) is 32.9 Å². The maximum absolute atomic E-state index is 5.35. The van der Waals surface area contributed by atoms with Gasteiger partial charge in [0.05, 0.1) is 27.9 Å². The molecule has 400 valence electrons. The number of fused-ring (bicyclic) bond motifs is 3. The van der Waals surface area contributed by atoms with Gasteiger partial charge in [0.2, 0.25) is 0 Å². The molecule has 0 unspecified atom stereocenters. The Bertz CT molecular complexity index is 4200. The highest BCUT2D eigenvalue weighted by atomic mass is 15.2. The second-order valence-electron chi connectivity index (χ2n) is 20.4. The number of nitrogens with zero attached hydrogens (tertiary/aromatic N) is 6. The predicted octanol–water partition coefficient (Wildman–Crippen LogP) is 20.9. The molecule has 2 heterocycles. The fraction of sp³-hybridized carbons (Fsp3) is 0.0789. The quantitative estimate of drug-likeness (QED) is 0.0530. The van der Waals surface area contributed by atoms with Crippen LogP contribution in [0.5, 0.6) is 0 Å². The first kappa shape index (κ1) is 53.7. The standard InChI is InChI=1S/C76H66N6/c1-7-25-62-52-68(46-48-73(62)79(50-8-2)67-45-36-58-28-21-22-29-61(58)51-67)81(63-30-17-13-18-31-63)65-41-37-59(38-42-65)75-76(78-72-35-24-23-34-71(72)77-75)60-39-43-66(44-40-60)82(64-32-19-14-20-33-64)69-47-49-74-70(53-69)56(5)54-80(74)57(6)27-16-12-10-11-15-26-55(4)9-3/h7-10,12-15,17-24,26-49,51-54H,1-4,11,16,25,50H2,5-6H3/b12-10-,26-15-,57-27+. The molecular weight excluding hydrogens is 997 g/mol. The van der Waals surface area contributed by atoms with E-state index in [2.05, 4.69) is 278 Å². The second-order valence-corrected chi connectivity index (χ2v) is 20.4. The van der Waals surface area contributed by atoms with Crippen LogP contribution in [0.3, 0.4) is 0 Å². The zero-order valence-electron chi connectivity index (χ0n) is 46.7. The lowest BCUT2D eigenvalue weighted by molar-refractivity contribution is 1.07. The molecule has 9 aromatic carbocycles. The lowest BCUT2D eigenvalue weighted by Gasteiger charge is -2.30. The number of aromatic nitrogens is 3. The minimum atomic E-state index is 0.653. The van der Waals surface area contributed by atoms with E-state index in [0.29, 0.717) is 13.0 Å². The van der Waals surface area contributed by atoms with Gasteiger partial charge in [-0.05, 0) is 170 Å². The largest absolute Gasteiger partial charge is 0.337 e. The minimum Gasteiger partial charge on any atom is -0.337 e. The van der Waals surface area contributed by atoms with Crippen LogP contribution in [0.1, 0.15) is 30.9 Å². The van der Waals surface area contributed by atoms with E-state index >= 15 is 0 Å². The molecule has 82 heavy (non-hydrogen) atoms. The fourth-order valence-electron chi connectivity index (χ4n) is 10.8. The van der Waals surface area contributed by atoms with Gasteiger partial charge in [0.15, 0.2) is 0 Å². The van der Waals surface area contributed by atoms with Gasteiger partial charge >= 0.3 is 0 Å². The molecule has 0 saturated carbocycles. The van der Waals surface area contributed by atoms with Gasteiger partial charge in [0.1, 0.15) is 0 Å². The molecule has 2 aromatic heterocycles. The number of aryl methyl sites for hydroxylation is 1. The monoisotopic (exact) mass is 1060 g/mol. The fourth-order valence-corrected chi connectivity index (χ4v) is 10.8. The maximum atomic E-state index is 5.35. The number of hydrogen-bond donors (Lipinski definition) is 0. The van der Waals surface area contributed by atoms with Gasteiger partial charge in [0.25, 0.3) is 0 Å². The molecule has 0 bridgehead atoms. The Morgan fingerprint density at radius 2 is 1.05 bits per heavy atom. The highest BCUT2D eigenvalue weighted by Gasteiger charge is 2.21. The zero-order chi connectivity index (χ0) is 56.4. The van der Waals surface area contributed by atoms with Crippen molar-refractivity contribution >= 4 is 83.9 Å². The number of benzene rings is 9. The predicted molar refractivity (Wildman–Crippen MR) is 352 cm³/mol. The van der Waals surface area contributed by atoms with E-state index in [4.69, 9.17) is 9.97 Å². The summed E-state index contributed by atoms with van der Waals surface area (Å²) in [5.74, 6) is 0. The average Bonchev–Trinajstić information content (AvgIpc) is 3.73. The lowest BCUT2D eigenvalue weighted by Crippen LogP contribution is -2.19. The Morgan fingerprint density at radius 3 is 1.66 bits per heavy atom. The molecule has 0 aliphatic heterocycles. The van der Waals surface area contributed by atoms with Crippen molar-refractivity contribution in [2.75, 3.05) is 21.2 Å². The topological polar surface area (TPSA) is 40.4 Å². The van der Waals surface area contributed by atoms with Gasteiger partial charge in [-0.1, -0.05) is 165 Å². The average molecular weight is 1060 g/mol. The number of para-hydroxylation sites is 4. The van der Waals surface area contributed by atoms with Crippen molar-refractivity contribution in [3.8, 4) is 22.5 Å². The molecule has 0 aliphatic carbocycles. The van der Waals surface area contributed by atoms with Crippen LogP contribution in [0.2, 0.25) is 0 Å². The summed E-state index contributed by atoms with van der Waals surface area (Å²) in [4.78, 5) is 17.7. The summed E-state index contributed by atoms with van der Waals surface area (Å²) in [6.45, 7) is 21.1. The summed E-state index contributed by atoms with van der Waals surface area (Å²) < 4.78 is 2.30. The Hall–Kier alpha value is -10.3. The van der Waals surface area contributed by atoms with Crippen molar-refractivity contribution in [3.05, 3.63) is 310 Å². The summed E-state index contributed by atoms with van der Waals surface area (Å²) in [7, 11) is 0. The number of hydrogen-bond acceptors (Lipinski definition) is 5. The lowest BCUT2D eigenvalue weighted by atomic mass is 10.0. The van der Waals surface area contributed by atoms with E-state index in [0.717, 1.165) is 103 Å². The number of rotatable bonds is 21. The first-order valence-corrected chi connectivity index (χ1v) is 28.0. The molecule has 0 aliphatic rings. The minimum absolute atomic E-state index is 0.653. The van der Waals surface area contributed by atoms with Crippen LogP contribution in [0.25, 0.3) is 60.9 Å². The molecule has 0 radical (unpaired) electrons. The Balaban J connectivity index is 0.916. The molecular formula is C76H66N6. The third-order valence-corrected chi connectivity index (χ3v) is 14.9. The van der Waals surface area contributed by atoms with Crippen molar-refractivity contribution in [3.63, 3.8) is 0 Å². The molecule has 0 amide bonds. The van der Waals surface area contributed by atoms with E-state index in [-0.39, 0.29) is 0 Å². The molecule has 0 spiro atoms. The van der Waals surface area contributed by atoms with Crippen LogP contribution in [0.15, 0.2) is 299 Å². The van der Waals surface area contributed by atoms with E-state index in [9.17, 15) is 0 Å². The summed E-state index contributed by atoms with van der Waals surface area (Å²) >= 11 is 0. The van der Waals surface area contributed by atoms with Crippen LogP contribution in [-0.2, 0) is 6.42 Å². The maximum Gasteiger partial charge on any atom is 0.0973 e. The van der Waals surface area contributed by atoms with Crippen molar-refractivity contribution in [1.82, 2.24) is 14.5 Å². The summed E-state index contributed by atoms with van der Waals surface area (Å²) in [6, 6.07) is 75.4. The molecule has 0 fully saturated rings. The third-order valence-electron chi connectivity index (χ3n) is 14.9. The molecule has 0 saturated heterocycles. The van der Waals surface area contributed by atoms with E-state index in [1.807, 2.05) is 42.5 Å². The SMILES string of the molecule is C=CCc1cc(N(c2ccccc2)c2ccc(-c3nc4ccccc4nc3-c3ccc(N(c4ccccc4)c4ccc5c(c4)c(C)cn5/C(C)=C/C/C=C\C/C=C\C(=C)C=C)cc3)cc2)ccc1N(CC=C)c1ccc2ccccc2c1. The van der Waals surface area contributed by atoms with Crippen LogP contribution in [0, 0.1) is 6.92 Å². The van der Waals surface area contributed by atoms with Crippen LogP contribution < -0.4 is 14.7 Å². The van der Waals surface area contributed by atoms with Crippen molar-refractivity contribution < 1.29 is 0 Å². The molecule has 11 aromatic rings. The highest BCUT2D eigenvalue weighted by Crippen LogP contribution is 2.43.